The first kappa shape index (κ1) is 12.4. The third kappa shape index (κ3) is 3.22. The Hall–Kier alpha value is -1.03. The molecule has 1 heterocycles. The summed E-state index contributed by atoms with van der Waals surface area (Å²) in [7, 11) is 0. The molecule has 1 aromatic carbocycles. The first-order chi connectivity index (χ1) is 8.04. The number of halogens is 4. The Balaban J connectivity index is 2.31. The van der Waals surface area contributed by atoms with Gasteiger partial charge in [-0.1, -0.05) is 34.8 Å². The topological polar surface area (TPSA) is 22.1 Å². The summed E-state index contributed by atoms with van der Waals surface area (Å²) in [6.07, 6.45) is 1.28. The molecule has 0 N–H and O–H groups in total. The van der Waals surface area contributed by atoms with E-state index in [-0.39, 0.29) is 10.9 Å². The van der Waals surface area contributed by atoms with E-state index in [0.29, 0.717) is 15.8 Å². The fourth-order valence-corrected chi connectivity index (χ4v) is 1.83. The summed E-state index contributed by atoms with van der Waals surface area (Å²) in [5, 5.41) is 0.975. The van der Waals surface area contributed by atoms with Crippen LogP contribution in [0.4, 0.5) is 4.39 Å². The van der Waals surface area contributed by atoms with Gasteiger partial charge in [-0.3, -0.25) is 0 Å². The summed E-state index contributed by atoms with van der Waals surface area (Å²) >= 11 is 17.1. The van der Waals surface area contributed by atoms with Crippen LogP contribution in [-0.2, 0) is 0 Å². The van der Waals surface area contributed by atoms with E-state index in [1.165, 1.54) is 18.3 Å². The Morgan fingerprint density at radius 1 is 0.941 bits per heavy atom. The Morgan fingerprint density at radius 3 is 2.18 bits per heavy atom. The number of hydrogen-bond acceptors (Lipinski definition) is 2. The predicted molar refractivity (Wildman–Crippen MR) is 65.7 cm³/mol. The lowest BCUT2D eigenvalue weighted by Crippen LogP contribution is -1.91. The van der Waals surface area contributed by atoms with Crippen LogP contribution in [0.5, 0.6) is 11.6 Å². The summed E-state index contributed by atoms with van der Waals surface area (Å²) in [5.41, 5.74) is 0. The van der Waals surface area contributed by atoms with Gasteiger partial charge >= 0.3 is 0 Å². The van der Waals surface area contributed by atoms with Crippen LogP contribution in [0.15, 0.2) is 30.5 Å². The molecule has 0 amide bonds. The van der Waals surface area contributed by atoms with Gasteiger partial charge in [0.15, 0.2) is 5.82 Å². The van der Waals surface area contributed by atoms with Crippen LogP contribution < -0.4 is 4.74 Å². The van der Waals surface area contributed by atoms with E-state index in [2.05, 4.69) is 4.98 Å². The molecule has 0 saturated heterocycles. The molecule has 1 aromatic heterocycles. The first-order valence-electron chi connectivity index (χ1n) is 4.49. The van der Waals surface area contributed by atoms with E-state index >= 15 is 0 Å². The smallest absolute Gasteiger partial charge is 0.255 e. The molecule has 17 heavy (non-hydrogen) atoms. The van der Waals surface area contributed by atoms with E-state index in [9.17, 15) is 4.39 Å². The average Bonchev–Trinajstić information content (AvgIpc) is 2.21. The molecule has 0 aliphatic rings. The summed E-state index contributed by atoms with van der Waals surface area (Å²) in [6, 6.07) is 5.66. The van der Waals surface area contributed by atoms with Crippen molar-refractivity contribution in [1.82, 2.24) is 4.98 Å². The summed E-state index contributed by atoms with van der Waals surface area (Å²) < 4.78 is 18.6. The third-order valence-electron chi connectivity index (χ3n) is 1.82. The van der Waals surface area contributed by atoms with E-state index in [1.54, 1.807) is 6.07 Å². The Labute approximate surface area is 112 Å². The van der Waals surface area contributed by atoms with Gasteiger partial charge in [0.1, 0.15) is 5.75 Å². The predicted octanol–water partition coefficient (Wildman–Crippen LogP) is 4.97. The number of ether oxygens (including phenoxy) is 1. The van der Waals surface area contributed by atoms with Crippen LogP contribution in [0.3, 0.4) is 0 Å². The number of nitrogens with zero attached hydrogens (tertiary/aromatic N) is 1. The van der Waals surface area contributed by atoms with Crippen LogP contribution in [0, 0.1) is 5.82 Å². The summed E-state index contributed by atoms with van der Waals surface area (Å²) in [4.78, 5) is 3.72. The molecule has 0 saturated carbocycles. The fraction of sp³-hybridized carbons (Fsp3) is 0. The SMILES string of the molecule is Fc1cc(Cl)cnc1Oc1cc(Cl)cc(Cl)c1. The zero-order valence-electron chi connectivity index (χ0n) is 8.25. The zero-order chi connectivity index (χ0) is 12.4. The van der Waals surface area contributed by atoms with Crippen molar-refractivity contribution in [1.29, 1.82) is 0 Å². The highest BCUT2D eigenvalue weighted by Crippen LogP contribution is 2.29. The normalized spacial score (nSPS) is 10.4. The van der Waals surface area contributed by atoms with Gasteiger partial charge in [-0.05, 0) is 24.3 Å². The van der Waals surface area contributed by atoms with Crippen molar-refractivity contribution < 1.29 is 9.13 Å². The fourth-order valence-electron chi connectivity index (χ4n) is 1.18. The van der Waals surface area contributed by atoms with Gasteiger partial charge in [0.05, 0.1) is 5.02 Å². The quantitative estimate of drug-likeness (QED) is 0.779. The zero-order valence-corrected chi connectivity index (χ0v) is 10.5. The maximum absolute atomic E-state index is 13.4. The van der Waals surface area contributed by atoms with Crippen LogP contribution >= 0.6 is 34.8 Å². The molecule has 2 nitrogen and oxygen atoms in total. The van der Waals surface area contributed by atoms with E-state index in [4.69, 9.17) is 39.5 Å². The van der Waals surface area contributed by atoms with Crippen molar-refractivity contribution in [3.05, 3.63) is 51.3 Å². The first-order valence-corrected chi connectivity index (χ1v) is 5.63. The van der Waals surface area contributed by atoms with Crippen LogP contribution in [0.25, 0.3) is 0 Å². The molecule has 2 aromatic rings. The van der Waals surface area contributed by atoms with Gasteiger partial charge in [0.2, 0.25) is 0 Å². The van der Waals surface area contributed by atoms with Crippen molar-refractivity contribution in [3.63, 3.8) is 0 Å². The van der Waals surface area contributed by atoms with Crippen molar-refractivity contribution in [3.8, 4) is 11.6 Å². The molecular weight excluding hydrogens is 287 g/mol. The molecule has 0 aliphatic carbocycles. The number of hydrogen-bond donors (Lipinski definition) is 0. The molecule has 0 bridgehead atoms. The maximum Gasteiger partial charge on any atom is 0.255 e. The lowest BCUT2D eigenvalue weighted by molar-refractivity contribution is 0.423. The number of benzene rings is 1. The maximum atomic E-state index is 13.4. The largest absolute Gasteiger partial charge is 0.436 e. The summed E-state index contributed by atoms with van der Waals surface area (Å²) in [6.45, 7) is 0. The van der Waals surface area contributed by atoms with E-state index < -0.39 is 5.82 Å². The van der Waals surface area contributed by atoms with Crippen LogP contribution in [0.1, 0.15) is 0 Å². The second-order valence-corrected chi connectivity index (χ2v) is 4.46. The molecule has 2 rings (SSSR count). The molecule has 0 radical (unpaired) electrons. The van der Waals surface area contributed by atoms with E-state index in [0.717, 1.165) is 6.07 Å². The summed E-state index contributed by atoms with van der Waals surface area (Å²) in [5.74, 6) is -0.544. The average molecular weight is 293 g/mol. The molecule has 0 unspecified atom stereocenters. The van der Waals surface area contributed by atoms with Crippen molar-refractivity contribution in [2.24, 2.45) is 0 Å². The number of aromatic nitrogens is 1. The number of pyridine rings is 1. The van der Waals surface area contributed by atoms with Gasteiger partial charge in [0.25, 0.3) is 5.88 Å². The van der Waals surface area contributed by atoms with Crippen molar-refractivity contribution >= 4 is 34.8 Å². The van der Waals surface area contributed by atoms with Crippen molar-refractivity contribution in [2.45, 2.75) is 0 Å². The Morgan fingerprint density at radius 2 is 1.59 bits per heavy atom. The van der Waals surface area contributed by atoms with E-state index in [1.807, 2.05) is 0 Å². The van der Waals surface area contributed by atoms with Crippen LogP contribution in [0.2, 0.25) is 15.1 Å². The molecule has 88 valence electrons. The highest BCUT2D eigenvalue weighted by molar-refractivity contribution is 6.34. The van der Waals surface area contributed by atoms with Gasteiger partial charge in [0, 0.05) is 16.2 Å². The van der Waals surface area contributed by atoms with Crippen LogP contribution in [-0.4, -0.2) is 4.98 Å². The lowest BCUT2D eigenvalue weighted by Gasteiger charge is -2.06. The molecule has 6 heteroatoms. The lowest BCUT2D eigenvalue weighted by atomic mass is 10.3. The molecule has 0 aliphatic heterocycles. The van der Waals surface area contributed by atoms with Crippen molar-refractivity contribution in [2.75, 3.05) is 0 Å². The molecule has 0 atom stereocenters. The van der Waals surface area contributed by atoms with Gasteiger partial charge in [-0.15, -0.1) is 0 Å². The number of rotatable bonds is 2. The minimum absolute atomic E-state index is 0.187. The molecule has 0 spiro atoms. The molecular formula is C11H5Cl3FNO. The minimum Gasteiger partial charge on any atom is -0.436 e. The second-order valence-electron chi connectivity index (χ2n) is 3.15. The van der Waals surface area contributed by atoms with Gasteiger partial charge in [-0.25, -0.2) is 9.37 Å². The molecule has 0 fully saturated rings. The highest BCUT2D eigenvalue weighted by Gasteiger charge is 2.08. The standard InChI is InChI=1S/C11H5Cl3FNO/c12-6-1-7(13)3-9(2-6)17-11-10(15)4-8(14)5-16-11/h1-5H. The third-order valence-corrected chi connectivity index (χ3v) is 2.47. The Bertz CT molecular complexity index is 542. The van der Waals surface area contributed by atoms with Gasteiger partial charge < -0.3 is 4.74 Å². The Kier molecular flexibility index (Phi) is 3.72. The van der Waals surface area contributed by atoms with Gasteiger partial charge in [-0.2, -0.15) is 0 Å². The highest BCUT2D eigenvalue weighted by atomic mass is 35.5. The minimum atomic E-state index is -0.659. The second kappa shape index (κ2) is 5.08. The monoisotopic (exact) mass is 291 g/mol.